The van der Waals surface area contributed by atoms with Crippen LogP contribution in [-0.2, 0) is 11.8 Å². The van der Waals surface area contributed by atoms with Crippen LogP contribution in [0.25, 0.3) is 0 Å². The van der Waals surface area contributed by atoms with Crippen molar-refractivity contribution in [3.05, 3.63) is 53.3 Å². The molecule has 0 aliphatic heterocycles. The smallest absolute Gasteiger partial charge is 0.222 e. The van der Waals surface area contributed by atoms with E-state index in [1.165, 1.54) is 25.7 Å². The van der Waals surface area contributed by atoms with Crippen LogP contribution in [0.15, 0.2) is 36.5 Å². The Kier molecular flexibility index (Phi) is 2.95. The van der Waals surface area contributed by atoms with Gasteiger partial charge in [-0.05, 0) is 55.7 Å². The largest absolute Gasteiger partial charge is 0.354 e. The predicted octanol–water partition coefficient (Wildman–Crippen LogP) is 3.49. The molecule has 1 heterocycles. The Morgan fingerprint density at radius 1 is 1.29 bits per heavy atom. The molecule has 1 aromatic carbocycles. The fourth-order valence-electron chi connectivity index (χ4n) is 3.99. The molecule has 2 aliphatic rings. The van der Waals surface area contributed by atoms with Crippen LogP contribution >= 0.6 is 0 Å². The molecule has 2 atom stereocenters. The number of aryl methyl sites for hydroxylation is 2. The summed E-state index contributed by atoms with van der Waals surface area (Å²) in [5, 5.41) is 3.43. The van der Waals surface area contributed by atoms with Gasteiger partial charge in [0, 0.05) is 23.9 Å². The Morgan fingerprint density at radius 3 is 3.10 bits per heavy atom. The van der Waals surface area contributed by atoms with Crippen molar-refractivity contribution in [3.63, 3.8) is 0 Å². The summed E-state index contributed by atoms with van der Waals surface area (Å²) in [4.78, 5) is 8.72. The summed E-state index contributed by atoms with van der Waals surface area (Å²) in [6.07, 6.45) is 7.05. The molecule has 4 rings (SSSR count). The van der Waals surface area contributed by atoms with Crippen LogP contribution in [0, 0.1) is 12.8 Å². The van der Waals surface area contributed by atoms with Gasteiger partial charge < -0.3 is 5.32 Å². The van der Waals surface area contributed by atoms with Gasteiger partial charge >= 0.3 is 0 Å². The third-order valence-corrected chi connectivity index (χ3v) is 5.16. The molecular weight excluding hydrogens is 258 g/mol. The molecule has 2 aliphatic carbocycles. The second-order valence-corrected chi connectivity index (χ2v) is 6.47. The van der Waals surface area contributed by atoms with Gasteiger partial charge in [-0.1, -0.05) is 24.3 Å². The first-order valence-corrected chi connectivity index (χ1v) is 7.90. The number of nitrogens with one attached hydrogen (secondary N) is 1. The molecule has 1 fully saturated rings. The molecule has 0 saturated heterocycles. The van der Waals surface area contributed by atoms with Crippen LogP contribution in [0.1, 0.15) is 36.1 Å². The summed E-state index contributed by atoms with van der Waals surface area (Å²) in [6.45, 7) is 2.99. The fraction of sp³-hybridized carbons (Fsp3) is 0.444. The van der Waals surface area contributed by atoms with Crippen molar-refractivity contribution in [2.75, 3.05) is 11.9 Å². The molecule has 1 saturated carbocycles. The fourth-order valence-corrected chi connectivity index (χ4v) is 3.99. The third kappa shape index (κ3) is 2.21. The molecule has 0 radical (unpaired) electrons. The SMILES string of the molecule is Cc1ccnc(NCC2CC23CCCc2ccccc23)n1. The Bertz CT molecular complexity index is 667. The van der Waals surface area contributed by atoms with E-state index in [9.17, 15) is 0 Å². The monoisotopic (exact) mass is 279 g/mol. The lowest BCUT2D eigenvalue weighted by Crippen LogP contribution is -2.21. The normalized spacial score (nSPS) is 26.4. The zero-order valence-electron chi connectivity index (χ0n) is 12.5. The molecule has 2 aromatic rings. The number of nitrogens with zero attached hydrogens (tertiary/aromatic N) is 2. The van der Waals surface area contributed by atoms with Gasteiger partial charge in [-0.3, -0.25) is 0 Å². The number of fused-ring (bicyclic) bond motifs is 2. The quantitative estimate of drug-likeness (QED) is 0.934. The lowest BCUT2D eigenvalue weighted by Gasteiger charge is -2.26. The summed E-state index contributed by atoms with van der Waals surface area (Å²) in [6, 6.07) is 11.0. The summed E-state index contributed by atoms with van der Waals surface area (Å²) >= 11 is 0. The van der Waals surface area contributed by atoms with E-state index in [1.807, 2.05) is 19.2 Å². The first-order valence-electron chi connectivity index (χ1n) is 7.90. The maximum Gasteiger partial charge on any atom is 0.222 e. The molecule has 3 heteroatoms. The highest BCUT2D eigenvalue weighted by Gasteiger charge is 2.55. The Labute approximate surface area is 125 Å². The molecule has 0 amide bonds. The second-order valence-electron chi connectivity index (χ2n) is 6.47. The average molecular weight is 279 g/mol. The molecule has 108 valence electrons. The second kappa shape index (κ2) is 4.83. The molecule has 0 bridgehead atoms. The highest BCUT2D eigenvalue weighted by molar-refractivity contribution is 5.43. The Morgan fingerprint density at radius 2 is 2.19 bits per heavy atom. The van der Waals surface area contributed by atoms with E-state index in [0.29, 0.717) is 5.41 Å². The van der Waals surface area contributed by atoms with Crippen molar-refractivity contribution in [3.8, 4) is 0 Å². The molecule has 1 N–H and O–H groups in total. The number of anilines is 1. The first kappa shape index (κ1) is 12.8. The molecular formula is C18H21N3. The first-order chi connectivity index (χ1) is 10.3. The van der Waals surface area contributed by atoms with Crippen LogP contribution in [0.5, 0.6) is 0 Å². The van der Waals surface area contributed by atoms with E-state index in [-0.39, 0.29) is 0 Å². The van der Waals surface area contributed by atoms with Crippen LogP contribution in [0.2, 0.25) is 0 Å². The number of hydrogen-bond acceptors (Lipinski definition) is 3. The minimum atomic E-state index is 0.436. The lowest BCUT2D eigenvalue weighted by atomic mass is 9.78. The minimum absolute atomic E-state index is 0.436. The highest BCUT2D eigenvalue weighted by atomic mass is 15.1. The van der Waals surface area contributed by atoms with E-state index in [0.717, 1.165) is 24.1 Å². The lowest BCUT2D eigenvalue weighted by molar-refractivity contribution is 0.503. The van der Waals surface area contributed by atoms with Crippen molar-refractivity contribution in [1.29, 1.82) is 0 Å². The van der Waals surface area contributed by atoms with Gasteiger partial charge in [0.15, 0.2) is 0 Å². The number of benzene rings is 1. The van der Waals surface area contributed by atoms with Crippen molar-refractivity contribution in [2.24, 2.45) is 5.92 Å². The van der Waals surface area contributed by atoms with E-state index in [1.54, 1.807) is 11.1 Å². The van der Waals surface area contributed by atoms with E-state index in [4.69, 9.17) is 0 Å². The topological polar surface area (TPSA) is 37.8 Å². The Balaban J connectivity index is 1.49. The summed E-state index contributed by atoms with van der Waals surface area (Å²) < 4.78 is 0. The summed E-state index contributed by atoms with van der Waals surface area (Å²) in [5.41, 5.74) is 4.62. The zero-order valence-corrected chi connectivity index (χ0v) is 12.5. The van der Waals surface area contributed by atoms with Crippen molar-refractivity contribution in [2.45, 2.75) is 38.0 Å². The standard InChI is InChI=1S/C18H21N3/c1-13-8-10-19-17(21-13)20-12-15-11-18(15)9-4-6-14-5-2-3-7-16(14)18/h2-3,5,7-8,10,15H,4,6,9,11-12H2,1H3,(H,19,20,21). The van der Waals surface area contributed by atoms with Crippen LogP contribution in [0.4, 0.5) is 5.95 Å². The zero-order chi connectivity index (χ0) is 14.3. The molecule has 3 nitrogen and oxygen atoms in total. The van der Waals surface area contributed by atoms with Gasteiger partial charge in [-0.2, -0.15) is 0 Å². The van der Waals surface area contributed by atoms with Gasteiger partial charge in [-0.25, -0.2) is 9.97 Å². The van der Waals surface area contributed by atoms with Crippen LogP contribution < -0.4 is 5.32 Å². The molecule has 1 spiro atoms. The van der Waals surface area contributed by atoms with E-state index in [2.05, 4.69) is 39.6 Å². The van der Waals surface area contributed by atoms with Gasteiger partial charge in [0.2, 0.25) is 5.95 Å². The highest BCUT2D eigenvalue weighted by Crippen LogP contribution is 2.60. The summed E-state index contributed by atoms with van der Waals surface area (Å²) in [7, 11) is 0. The molecule has 1 aromatic heterocycles. The number of aromatic nitrogens is 2. The van der Waals surface area contributed by atoms with E-state index >= 15 is 0 Å². The van der Waals surface area contributed by atoms with Crippen molar-refractivity contribution < 1.29 is 0 Å². The van der Waals surface area contributed by atoms with E-state index < -0.39 is 0 Å². The van der Waals surface area contributed by atoms with Gasteiger partial charge in [-0.15, -0.1) is 0 Å². The van der Waals surface area contributed by atoms with Crippen molar-refractivity contribution in [1.82, 2.24) is 9.97 Å². The van der Waals surface area contributed by atoms with Crippen molar-refractivity contribution >= 4 is 5.95 Å². The third-order valence-electron chi connectivity index (χ3n) is 5.16. The van der Waals surface area contributed by atoms with Gasteiger partial charge in [0.05, 0.1) is 0 Å². The predicted molar refractivity (Wildman–Crippen MR) is 84.4 cm³/mol. The molecule has 21 heavy (non-hydrogen) atoms. The Hall–Kier alpha value is -1.90. The van der Waals surface area contributed by atoms with Crippen LogP contribution in [-0.4, -0.2) is 16.5 Å². The number of rotatable bonds is 3. The van der Waals surface area contributed by atoms with Crippen LogP contribution in [0.3, 0.4) is 0 Å². The average Bonchev–Trinajstić information content (AvgIpc) is 3.19. The minimum Gasteiger partial charge on any atom is -0.354 e. The number of hydrogen-bond donors (Lipinski definition) is 1. The molecule has 2 unspecified atom stereocenters. The maximum atomic E-state index is 4.43. The summed E-state index contributed by atoms with van der Waals surface area (Å²) in [5.74, 6) is 1.49. The maximum absolute atomic E-state index is 4.43. The van der Waals surface area contributed by atoms with Gasteiger partial charge in [0.1, 0.15) is 0 Å². The van der Waals surface area contributed by atoms with Gasteiger partial charge in [0.25, 0.3) is 0 Å².